The fourth-order valence-electron chi connectivity index (χ4n) is 7.32. The Kier molecular flexibility index (Phi) is 8.00. The number of likely N-dealkylation sites (tertiary alicyclic amines) is 1. The van der Waals surface area contributed by atoms with Gasteiger partial charge in [-0.2, -0.15) is 15.2 Å². The van der Waals surface area contributed by atoms with Gasteiger partial charge < -0.3 is 30.1 Å². The summed E-state index contributed by atoms with van der Waals surface area (Å²) in [6.07, 6.45) is 4.29. The van der Waals surface area contributed by atoms with Crippen molar-refractivity contribution in [1.29, 1.82) is 5.26 Å². The highest BCUT2D eigenvalue weighted by atomic mass is 16.5. The summed E-state index contributed by atoms with van der Waals surface area (Å²) in [5.74, 6) is 0.995. The quantitative estimate of drug-likeness (QED) is 0.379. The zero-order valence-corrected chi connectivity index (χ0v) is 25.8. The fraction of sp³-hybridized carbons (Fsp3) is 0.529. The minimum absolute atomic E-state index is 0.0165. The number of anilines is 2. The number of benzene rings is 2. The van der Waals surface area contributed by atoms with Crippen molar-refractivity contribution in [2.45, 2.75) is 63.7 Å². The number of carbonyl (C=O) groups excluding carboxylic acids is 1. The Balaban J connectivity index is 1.19. The summed E-state index contributed by atoms with van der Waals surface area (Å²) < 4.78 is 6.34. The van der Waals surface area contributed by atoms with Gasteiger partial charge in [-0.15, -0.1) is 0 Å². The Morgan fingerprint density at radius 3 is 2.75 bits per heavy atom. The number of likely N-dealkylation sites (N-methyl/N-ethyl adjacent to an activating group) is 1. The molecule has 44 heavy (non-hydrogen) atoms. The second-order valence-corrected chi connectivity index (χ2v) is 12.9. The Bertz CT molecular complexity index is 1580. The number of amides is 1. The van der Waals surface area contributed by atoms with Crippen LogP contribution in [0.25, 0.3) is 10.8 Å². The monoisotopic (exact) mass is 594 g/mol. The molecule has 1 amide bonds. The highest BCUT2D eigenvalue weighted by Gasteiger charge is 2.37. The zero-order valence-electron chi connectivity index (χ0n) is 25.8. The number of nitrogens with one attached hydrogen (secondary N) is 2. The van der Waals surface area contributed by atoms with Crippen LogP contribution in [-0.2, 0) is 17.8 Å². The van der Waals surface area contributed by atoms with Gasteiger partial charge in [0.1, 0.15) is 12.4 Å². The van der Waals surface area contributed by atoms with Crippen molar-refractivity contribution >= 4 is 28.2 Å². The average molecular weight is 595 g/mol. The standard InChI is InChI=1S/C34H42N8O2/c1-22-6-3-7-23-8-4-10-30(31(22)23)41-16-12-26-29(20-41)38-34(44-21-25-9-5-15-40(25)2)39-32(26)42-17-13-27(24(19-42)11-14-35)37-33(43)28-18-36-28/h3-4,6-8,10,24-25,27-28,36H,5,9,11-13,15-21H2,1-2H3,(H,37,43)/t24-,25-,27-,28+/m0/s1. The molecule has 3 saturated heterocycles. The Labute approximate surface area is 259 Å². The van der Waals surface area contributed by atoms with E-state index in [1.165, 1.54) is 34.0 Å². The molecule has 0 spiro atoms. The third kappa shape index (κ3) is 5.78. The molecule has 0 unspecified atom stereocenters. The first kappa shape index (κ1) is 28.8. The third-order valence-electron chi connectivity index (χ3n) is 9.97. The number of carbonyl (C=O) groups is 1. The van der Waals surface area contributed by atoms with Crippen molar-refractivity contribution in [2.24, 2.45) is 5.92 Å². The molecular weight excluding hydrogens is 552 g/mol. The lowest BCUT2D eigenvalue weighted by Gasteiger charge is -2.40. The molecule has 10 heteroatoms. The van der Waals surface area contributed by atoms with Crippen molar-refractivity contribution < 1.29 is 9.53 Å². The lowest BCUT2D eigenvalue weighted by atomic mass is 9.89. The molecule has 3 aromatic rings. The van der Waals surface area contributed by atoms with Gasteiger partial charge >= 0.3 is 6.01 Å². The molecular formula is C34H42N8O2. The average Bonchev–Trinajstić information content (AvgIpc) is 3.81. The van der Waals surface area contributed by atoms with Gasteiger partial charge in [-0.3, -0.25) is 4.79 Å². The van der Waals surface area contributed by atoms with E-state index in [-0.39, 0.29) is 23.9 Å². The number of hydrogen-bond donors (Lipinski definition) is 2. The van der Waals surface area contributed by atoms with Crippen molar-refractivity contribution in [3.63, 3.8) is 0 Å². The van der Waals surface area contributed by atoms with E-state index in [4.69, 9.17) is 14.7 Å². The predicted molar refractivity (Wildman–Crippen MR) is 171 cm³/mol. The maximum absolute atomic E-state index is 12.6. The fourth-order valence-corrected chi connectivity index (χ4v) is 7.32. The summed E-state index contributed by atoms with van der Waals surface area (Å²) in [5, 5.41) is 18.5. The number of nitrogens with zero attached hydrogens (tertiary/aromatic N) is 6. The van der Waals surface area contributed by atoms with Gasteiger partial charge in [-0.25, -0.2) is 0 Å². The zero-order chi connectivity index (χ0) is 30.2. The Hall–Kier alpha value is -3.94. The third-order valence-corrected chi connectivity index (χ3v) is 9.97. The van der Waals surface area contributed by atoms with Crippen LogP contribution in [-0.4, -0.2) is 85.3 Å². The maximum Gasteiger partial charge on any atom is 0.318 e. The van der Waals surface area contributed by atoms with Crippen LogP contribution in [0.3, 0.4) is 0 Å². The number of aromatic nitrogens is 2. The minimum atomic E-state index is -0.0864. The first-order valence-electron chi connectivity index (χ1n) is 16.1. The van der Waals surface area contributed by atoms with Crippen molar-refractivity contribution in [3.8, 4) is 12.1 Å². The number of hydrogen-bond acceptors (Lipinski definition) is 9. The second-order valence-electron chi connectivity index (χ2n) is 12.9. The van der Waals surface area contributed by atoms with Gasteiger partial charge in [0.2, 0.25) is 5.91 Å². The molecule has 230 valence electrons. The van der Waals surface area contributed by atoms with E-state index in [1.54, 1.807) is 0 Å². The van der Waals surface area contributed by atoms with E-state index in [0.717, 1.165) is 57.0 Å². The molecule has 0 saturated carbocycles. The van der Waals surface area contributed by atoms with Gasteiger partial charge in [-0.05, 0) is 63.2 Å². The van der Waals surface area contributed by atoms with Gasteiger partial charge in [0.25, 0.3) is 0 Å². The molecule has 3 fully saturated rings. The first-order valence-corrected chi connectivity index (χ1v) is 16.1. The molecule has 7 rings (SSSR count). The summed E-state index contributed by atoms with van der Waals surface area (Å²) in [6, 6.07) is 16.1. The molecule has 0 bridgehead atoms. The first-order chi connectivity index (χ1) is 21.5. The summed E-state index contributed by atoms with van der Waals surface area (Å²) in [7, 11) is 2.15. The predicted octanol–water partition coefficient (Wildman–Crippen LogP) is 3.17. The molecule has 0 radical (unpaired) electrons. The molecule has 1 aromatic heterocycles. The highest BCUT2D eigenvalue weighted by molar-refractivity contribution is 5.97. The normalized spacial score (nSPS) is 25.0. The van der Waals surface area contributed by atoms with Crippen LogP contribution >= 0.6 is 0 Å². The Morgan fingerprint density at radius 2 is 1.98 bits per heavy atom. The summed E-state index contributed by atoms with van der Waals surface area (Å²) in [5.41, 5.74) is 4.68. The van der Waals surface area contributed by atoms with E-state index >= 15 is 0 Å². The number of ether oxygens (including phenoxy) is 1. The lowest BCUT2D eigenvalue weighted by molar-refractivity contribution is -0.121. The second kappa shape index (κ2) is 12.2. The van der Waals surface area contributed by atoms with Gasteiger partial charge in [0.15, 0.2) is 0 Å². The molecule has 2 N–H and O–H groups in total. The molecule has 4 aliphatic rings. The SMILES string of the molecule is Cc1cccc2cccc(N3CCc4c(nc(OC[C@@H]5CCCN5C)nc4N4CC[C@H](NC(=O)[C@H]5CN5)[C@@H](CC#N)C4)C3)c12. The van der Waals surface area contributed by atoms with Crippen molar-refractivity contribution in [1.82, 2.24) is 25.5 Å². The molecule has 2 aromatic carbocycles. The van der Waals surface area contributed by atoms with Crippen LogP contribution in [0, 0.1) is 24.2 Å². The van der Waals surface area contributed by atoms with E-state index in [9.17, 15) is 10.1 Å². The van der Waals surface area contributed by atoms with Crippen molar-refractivity contribution in [3.05, 3.63) is 53.2 Å². The molecule has 4 aliphatic heterocycles. The summed E-state index contributed by atoms with van der Waals surface area (Å²) in [4.78, 5) is 29.7. The smallest absolute Gasteiger partial charge is 0.318 e. The van der Waals surface area contributed by atoms with Crippen LogP contribution in [0.15, 0.2) is 36.4 Å². The van der Waals surface area contributed by atoms with Crippen LogP contribution in [0.2, 0.25) is 0 Å². The van der Waals surface area contributed by atoms with E-state index in [1.807, 2.05) is 0 Å². The molecule has 4 atom stereocenters. The van der Waals surface area contributed by atoms with E-state index < -0.39 is 0 Å². The molecule has 0 aliphatic carbocycles. The summed E-state index contributed by atoms with van der Waals surface area (Å²) >= 11 is 0. The van der Waals surface area contributed by atoms with E-state index in [0.29, 0.717) is 38.2 Å². The van der Waals surface area contributed by atoms with Crippen LogP contribution < -0.4 is 25.2 Å². The van der Waals surface area contributed by atoms with Gasteiger partial charge in [-0.1, -0.05) is 30.3 Å². The lowest BCUT2D eigenvalue weighted by Crippen LogP contribution is -2.52. The van der Waals surface area contributed by atoms with Gasteiger partial charge in [0, 0.05) is 67.2 Å². The maximum atomic E-state index is 12.6. The van der Waals surface area contributed by atoms with E-state index in [2.05, 4.69) is 81.8 Å². The topological polar surface area (TPSA) is 120 Å². The van der Waals surface area contributed by atoms with Crippen molar-refractivity contribution in [2.75, 3.05) is 56.2 Å². The Morgan fingerprint density at radius 1 is 1.14 bits per heavy atom. The molecule has 5 heterocycles. The minimum Gasteiger partial charge on any atom is -0.462 e. The highest BCUT2D eigenvalue weighted by Crippen LogP contribution is 2.36. The number of nitriles is 1. The summed E-state index contributed by atoms with van der Waals surface area (Å²) in [6.45, 7) is 7.54. The number of piperidine rings is 1. The number of aryl methyl sites for hydroxylation is 1. The van der Waals surface area contributed by atoms with Crippen LogP contribution in [0.1, 0.15) is 42.5 Å². The van der Waals surface area contributed by atoms with Gasteiger partial charge in [0.05, 0.1) is 24.3 Å². The van der Waals surface area contributed by atoms with Crippen LogP contribution in [0.5, 0.6) is 6.01 Å². The molecule has 10 nitrogen and oxygen atoms in total. The van der Waals surface area contributed by atoms with Crippen LogP contribution in [0.4, 0.5) is 11.5 Å². The number of rotatable bonds is 8. The number of fused-ring (bicyclic) bond motifs is 2. The largest absolute Gasteiger partial charge is 0.462 e.